The number of carbonyl (C=O) groups excluding carboxylic acids is 1. The number of nitrogens with zero attached hydrogens (tertiary/aromatic N) is 5. The average molecular weight is 397 g/mol. The van der Waals surface area contributed by atoms with Gasteiger partial charge in [-0.15, -0.1) is 10.2 Å². The van der Waals surface area contributed by atoms with E-state index >= 15 is 0 Å². The van der Waals surface area contributed by atoms with Gasteiger partial charge in [-0.25, -0.2) is 0 Å². The van der Waals surface area contributed by atoms with Crippen LogP contribution in [-0.2, 0) is 6.54 Å². The number of benzene rings is 1. The van der Waals surface area contributed by atoms with Gasteiger partial charge in [-0.05, 0) is 25.5 Å². The number of aromatic nitrogens is 4. The Kier molecular flexibility index (Phi) is 6.15. The summed E-state index contributed by atoms with van der Waals surface area (Å²) in [5.41, 5.74) is 1.70. The molecule has 0 aliphatic rings. The van der Waals surface area contributed by atoms with Crippen LogP contribution in [0.2, 0.25) is 0 Å². The minimum absolute atomic E-state index is 0.0510. The summed E-state index contributed by atoms with van der Waals surface area (Å²) < 4.78 is 1.98. The van der Waals surface area contributed by atoms with Crippen molar-refractivity contribution in [2.75, 3.05) is 5.75 Å². The van der Waals surface area contributed by atoms with Crippen molar-refractivity contribution >= 4 is 23.2 Å². The van der Waals surface area contributed by atoms with E-state index in [0.717, 1.165) is 24.4 Å². The Morgan fingerprint density at radius 2 is 1.96 bits per heavy atom. The number of ketones is 1. The number of nitro groups is 1. The molecule has 3 aromatic rings. The van der Waals surface area contributed by atoms with Gasteiger partial charge in [-0.3, -0.25) is 19.9 Å². The Morgan fingerprint density at radius 1 is 1.21 bits per heavy atom. The molecule has 0 aliphatic heterocycles. The quantitative estimate of drug-likeness (QED) is 0.245. The Balaban J connectivity index is 1.79. The smallest absolute Gasteiger partial charge is 0.273 e. The lowest BCUT2D eigenvalue weighted by Crippen LogP contribution is -2.07. The molecule has 8 nitrogen and oxygen atoms in total. The number of Topliss-reactive ketones (excluding diaryl/α,β-unsaturated/α-hetero) is 1. The predicted octanol–water partition coefficient (Wildman–Crippen LogP) is 3.94. The van der Waals surface area contributed by atoms with Crippen LogP contribution in [0, 0.1) is 17.0 Å². The summed E-state index contributed by atoms with van der Waals surface area (Å²) >= 11 is 1.28. The van der Waals surface area contributed by atoms with E-state index in [1.165, 1.54) is 17.8 Å². The molecule has 0 N–H and O–H groups in total. The van der Waals surface area contributed by atoms with Crippen LogP contribution in [0.4, 0.5) is 5.69 Å². The second-order valence-electron chi connectivity index (χ2n) is 6.16. The van der Waals surface area contributed by atoms with Crippen molar-refractivity contribution in [1.29, 1.82) is 0 Å². The van der Waals surface area contributed by atoms with Crippen molar-refractivity contribution in [3.8, 4) is 11.4 Å². The molecule has 3 rings (SSSR count). The molecule has 1 aromatic carbocycles. The lowest BCUT2D eigenvalue weighted by molar-refractivity contribution is -0.385. The molecule has 0 radical (unpaired) electrons. The van der Waals surface area contributed by atoms with Gasteiger partial charge >= 0.3 is 0 Å². The third-order valence-corrected chi connectivity index (χ3v) is 5.13. The number of pyridine rings is 1. The second kappa shape index (κ2) is 8.75. The lowest BCUT2D eigenvalue weighted by Gasteiger charge is -2.08. The van der Waals surface area contributed by atoms with Gasteiger partial charge in [0.2, 0.25) is 0 Å². The topological polar surface area (TPSA) is 104 Å². The zero-order chi connectivity index (χ0) is 20.1. The van der Waals surface area contributed by atoms with E-state index in [-0.39, 0.29) is 17.2 Å². The molecular formula is C19H19N5O3S. The molecule has 0 fully saturated rings. The second-order valence-corrected chi connectivity index (χ2v) is 7.11. The van der Waals surface area contributed by atoms with Gasteiger partial charge in [0.25, 0.3) is 5.69 Å². The third kappa shape index (κ3) is 4.25. The van der Waals surface area contributed by atoms with Crippen LogP contribution in [0.25, 0.3) is 11.4 Å². The summed E-state index contributed by atoms with van der Waals surface area (Å²) in [5.74, 6) is 0.660. The molecule has 9 heteroatoms. The SMILES string of the molecule is CCCn1c(SCC(=O)c2ccc(C)c([N+](=O)[O-])c2)nnc1-c1ccncc1. The highest BCUT2D eigenvalue weighted by Gasteiger charge is 2.18. The van der Waals surface area contributed by atoms with Crippen LogP contribution >= 0.6 is 11.8 Å². The zero-order valence-corrected chi connectivity index (χ0v) is 16.3. The van der Waals surface area contributed by atoms with Crippen molar-refractivity contribution in [2.24, 2.45) is 0 Å². The van der Waals surface area contributed by atoms with Crippen molar-refractivity contribution in [1.82, 2.24) is 19.7 Å². The van der Waals surface area contributed by atoms with Crippen LogP contribution in [0.5, 0.6) is 0 Å². The van der Waals surface area contributed by atoms with E-state index in [9.17, 15) is 14.9 Å². The van der Waals surface area contributed by atoms with Crippen LogP contribution in [0.1, 0.15) is 29.3 Å². The number of hydrogen-bond donors (Lipinski definition) is 0. The number of aryl methyl sites for hydroxylation is 1. The lowest BCUT2D eigenvalue weighted by atomic mass is 10.1. The highest BCUT2D eigenvalue weighted by atomic mass is 32.2. The van der Waals surface area contributed by atoms with Crippen LogP contribution < -0.4 is 0 Å². The van der Waals surface area contributed by atoms with Crippen LogP contribution in [0.15, 0.2) is 47.9 Å². The van der Waals surface area contributed by atoms with Gasteiger partial charge in [-0.2, -0.15) is 0 Å². The monoisotopic (exact) mass is 397 g/mol. The fraction of sp³-hybridized carbons (Fsp3) is 0.263. The standard InChI is InChI=1S/C19H19N5O3S/c1-3-10-23-18(14-6-8-20-9-7-14)21-22-19(23)28-12-17(25)15-5-4-13(2)16(11-15)24(26)27/h4-9,11H,3,10,12H2,1-2H3. The number of nitro benzene ring substituents is 1. The molecule has 0 saturated carbocycles. The van der Waals surface area contributed by atoms with Gasteiger partial charge in [0.15, 0.2) is 16.8 Å². The first-order valence-corrected chi connectivity index (χ1v) is 9.74. The molecule has 144 valence electrons. The molecule has 0 spiro atoms. The van der Waals surface area contributed by atoms with E-state index < -0.39 is 4.92 Å². The van der Waals surface area contributed by atoms with Crippen LogP contribution in [-0.4, -0.2) is 36.2 Å². The first kappa shape index (κ1) is 19.7. The third-order valence-electron chi connectivity index (χ3n) is 4.16. The van der Waals surface area contributed by atoms with Gasteiger partial charge in [0, 0.05) is 41.7 Å². The molecule has 2 heterocycles. The molecule has 0 aliphatic carbocycles. The Morgan fingerprint density at radius 3 is 2.64 bits per heavy atom. The minimum atomic E-state index is -0.474. The van der Waals surface area contributed by atoms with Crippen molar-refractivity contribution < 1.29 is 9.72 Å². The van der Waals surface area contributed by atoms with Gasteiger partial charge in [0.05, 0.1) is 10.7 Å². The summed E-state index contributed by atoms with van der Waals surface area (Å²) in [6.45, 7) is 4.42. The number of carbonyl (C=O) groups is 1. The number of hydrogen-bond acceptors (Lipinski definition) is 7. The van der Waals surface area contributed by atoms with E-state index in [4.69, 9.17) is 0 Å². The Bertz CT molecular complexity index is 1000. The maximum atomic E-state index is 12.5. The number of rotatable bonds is 8. The Labute approximate surface area is 166 Å². The van der Waals surface area contributed by atoms with E-state index in [0.29, 0.717) is 16.3 Å². The first-order chi connectivity index (χ1) is 13.5. The molecule has 2 aromatic heterocycles. The predicted molar refractivity (Wildman–Crippen MR) is 106 cm³/mol. The van der Waals surface area contributed by atoms with Gasteiger partial charge in [0.1, 0.15) is 0 Å². The average Bonchev–Trinajstić information content (AvgIpc) is 3.10. The normalized spacial score (nSPS) is 10.8. The summed E-state index contributed by atoms with van der Waals surface area (Å²) in [6, 6.07) is 8.27. The minimum Gasteiger partial charge on any atom is -0.302 e. The summed E-state index contributed by atoms with van der Waals surface area (Å²) in [6.07, 6.45) is 4.28. The molecule has 0 bridgehead atoms. The molecular weight excluding hydrogens is 378 g/mol. The maximum absolute atomic E-state index is 12.5. The first-order valence-electron chi connectivity index (χ1n) is 8.76. The fourth-order valence-corrected chi connectivity index (χ4v) is 3.59. The fourth-order valence-electron chi connectivity index (χ4n) is 2.73. The van der Waals surface area contributed by atoms with E-state index in [2.05, 4.69) is 22.1 Å². The van der Waals surface area contributed by atoms with E-state index in [1.54, 1.807) is 31.5 Å². The summed E-state index contributed by atoms with van der Waals surface area (Å²) in [7, 11) is 0. The zero-order valence-electron chi connectivity index (χ0n) is 15.5. The van der Waals surface area contributed by atoms with Gasteiger partial charge in [-0.1, -0.05) is 30.8 Å². The highest BCUT2D eigenvalue weighted by molar-refractivity contribution is 7.99. The van der Waals surface area contributed by atoms with Gasteiger partial charge < -0.3 is 4.57 Å². The molecule has 28 heavy (non-hydrogen) atoms. The largest absolute Gasteiger partial charge is 0.302 e. The Hall–Kier alpha value is -3.07. The summed E-state index contributed by atoms with van der Waals surface area (Å²) in [5, 5.41) is 20.2. The summed E-state index contributed by atoms with van der Waals surface area (Å²) in [4.78, 5) is 27.2. The van der Waals surface area contributed by atoms with Crippen molar-refractivity contribution in [3.05, 3.63) is 64.0 Å². The van der Waals surface area contributed by atoms with Crippen LogP contribution in [0.3, 0.4) is 0 Å². The number of thioether (sulfide) groups is 1. The molecule has 0 unspecified atom stereocenters. The molecule has 0 saturated heterocycles. The maximum Gasteiger partial charge on any atom is 0.273 e. The van der Waals surface area contributed by atoms with Crippen molar-refractivity contribution in [2.45, 2.75) is 32.0 Å². The molecule has 0 atom stereocenters. The molecule has 0 amide bonds. The highest BCUT2D eigenvalue weighted by Crippen LogP contribution is 2.26. The van der Waals surface area contributed by atoms with Crippen molar-refractivity contribution in [3.63, 3.8) is 0 Å². The van der Waals surface area contributed by atoms with E-state index in [1.807, 2.05) is 16.7 Å².